The zero-order valence-corrected chi connectivity index (χ0v) is 15.9. The topological polar surface area (TPSA) is 35.5 Å². The Labute approximate surface area is 157 Å². The molecular formula is C23H30O3. The summed E-state index contributed by atoms with van der Waals surface area (Å²) < 4.78 is 11.6. The highest BCUT2D eigenvalue weighted by atomic mass is 16.5. The van der Waals surface area contributed by atoms with Crippen LogP contribution in [-0.2, 0) is 27.5 Å². The zero-order valence-electron chi connectivity index (χ0n) is 15.9. The second-order valence-corrected chi connectivity index (χ2v) is 6.92. The molecule has 3 heteroatoms. The summed E-state index contributed by atoms with van der Waals surface area (Å²) in [5, 5.41) is 0. The van der Waals surface area contributed by atoms with Gasteiger partial charge in [0.1, 0.15) is 6.10 Å². The lowest BCUT2D eigenvalue weighted by atomic mass is 9.97. The first-order chi connectivity index (χ1) is 12.6. The molecule has 2 aromatic rings. The van der Waals surface area contributed by atoms with Crippen molar-refractivity contribution in [1.82, 2.24) is 0 Å². The van der Waals surface area contributed by atoms with Crippen molar-refractivity contribution >= 4 is 5.78 Å². The van der Waals surface area contributed by atoms with Gasteiger partial charge >= 0.3 is 0 Å². The van der Waals surface area contributed by atoms with Gasteiger partial charge in [-0.15, -0.1) is 0 Å². The number of carbonyl (C=O) groups excluding carboxylic acids is 1. The first kappa shape index (κ1) is 20.3. The average molecular weight is 354 g/mol. The van der Waals surface area contributed by atoms with Gasteiger partial charge in [0.25, 0.3) is 0 Å². The zero-order chi connectivity index (χ0) is 18.6. The Bertz CT molecular complexity index is 624. The third kappa shape index (κ3) is 7.94. The molecule has 140 valence electrons. The molecule has 26 heavy (non-hydrogen) atoms. The average Bonchev–Trinajstić information content (AvgIpc) is 2.66. The van der Waals surface area contributed by atoms with Crippen molar-refractivity contribution in [2.75, 3.05) is 6.61 Å². The lowest BCUT2D eigenvalue weighted by molar-refractivity contribution is -0.130. The van der Waals surface area contributed by atoms with Gasteiger partial charge in [0.2, 0.25) is 0 Å². The van der Waals surface area contributed by atoms with E-state index in [1.165, 1.54) is 5.56 Å². The van der Waals surface area contributed by atoms with Gasteiger partial charge in [-0.05, 0) is 43.2 Å². The normalized spacial score (nSPS) is 13.3. The summed E-state index contributed by atoms with van der Waals surface area (Å²) in [6.45, 7) is 5.68. The highest BCUT2D eigenvalue weighted by molar-refractivity contribution is 5.80. The third-order valence-electron chi connectivity index (χ3n) is 4.46. The van der Waals surface area contributed by atoms with Gasteiger partial charge in [-0.3, -0.25) is 4.79 Å². The summed E-state index contributed by atoms with van der Waals surface area (Å²) in [4.78, 5) is 11.9. The van der Waals surface area contributed by atoms with E-state index in [1.807, 2.05) is 48.5 Å². The van der Waals surface area contributed by atoms with Crippen molar-refractivity contribution in [2.24, 2.45) is 5.92 Å². The molecule has 0 saturated heterocycles. The molecule has 2 rings (SSSR count). The Morgan fingerprint density at radius 2 is 1.50 bits per heavy atom. The van der Waals surface area contributed by atoms with Crippen molar-refractivity contribution in [3.05, 3.63) is 71.8 Å². The van der Waals surface area contributed by atoms with E-state index in [2.05, 4.69) is 19.1 Å². The summed E-state index contributed by atoms with van der Waals surface area (Å²) in [5.41, 5.74) is 2.30. The van der Waals surface area contributed by atoms with Gasteiger partial charge in [-0.2, -0.15) is 0 Å². The van der Waals surface area contributed by atoms with Gasteiger partial charge in [0.15, 0.2) is 5.78 Å². The number of rotatable bonds is 12. The molecule has 3 nitrogen and oxygen atoms in total. The molecule has 0 N–H and O–H groups in total. The molecule has 0 aromatic heterocycles. The SMILES string of the molecule is CC(=O)[C@@H](C[C@@H](C)CCCOCc1ccccc1)OCc1ccccc1. The summed E-state index contributed by atoms with van der Waals surface area (Å²) in [7, 11) is 0. The largest absolute Gasteiger partial charge is 0.377 e. The molecule has 2 aromatic carbocycles. The maximum atomic E-state index is 11.9. The summed E-state index contributed by atoms with van der Waals surface area (Å²) in [5.74, 6) is 0.535. The maximum Gasteiger partial charge on any atom is 0.158 e. The fourth-order valence-electron chi connectivity index (χ4n) is 2.90. The number of ketones is 1. The summed E-state index contributed by atoms with van der Waals surface area (Å²) in [6, 6.07) is 20.2. The van der Waals surface area contributed by atoms with Crippen molar-refractivity contribution in [2.45, 2.75) is 52.4 Å². The Balaban J connectivity index is 1.63. The Morgan fingerprint density at radius 3 is 2.08 bits per heavy atom. The molecule has 0 aliphatic carbocycles. The van der Waals surface area contributed by atoms with E-state index in [1.54, 1.807) is 6.92 Å². The van der Waals surface area contributed by atoms with Crippen molar-refractivity contribution in [3.63, 3.8) is 0 Å². The van der Waals surface area contributed by atoms with Crippen LogP contribution in [-0.4, -0.2) is 18.5 Å². The number of hydrogen-bond acceptors (Lipinski definition) is 3. The maximum absolute atomic E-state index is 11.9. The molecule has 0 spiro atoms. The van der Waals surface area contributed by atoms with Crippen LogP contribution < -0.4 is 0 Å². The minimum absolute atomic E-state index is 0.105. The van der Waals surface area contributed by atoms with Crippen LogP contribution in [0.2, 0.25) is 0 Å². The minimum atomic E-state index is -0.324. The van der Waals surface area contributed by atoms with Gasteiger partial charge in [-0.25, -0.2) is 0 Å². The number of carbonyl (C=O) groups is 1. The Hall–Kier alpha value is -1.97. The van der Waals surface area contributed by atoms with E-state index >= 15 is 0 Å². The molecule has 0 fully saturated rings. The molecule has 2 atom stereocenters. The van der Waals surface area contributed by atoms with Gasteiger partial charge in [-0.1, -0.05) is 67.6 Å². The predicted molar refractivity (Wildman–Crippen MR) is 105 cm³/mol. The Morgan fingerprint density at radius 1 is 0.923 bits per heavy atom. The number of ether oxygens (including phenoxy) is 2. The highest BCUT2D eigenvalue weighted by Crippen LogP contribution is 2.17. The van der Waals surface area contributed by atoms with Crippen LogP contribution in [0.3, 0.4) is 0 Å². The second-order valence-electron chi connectivity index (χ2n) is 6.92. The monoisotopic (exact) mass is 354 g/mol. The van der Waals surface area contributed by atoms with Crippen LogP contribution in [0.4, 0.5) is 0 Å². The van der Waals surface area contributed by atoms with Gasteiger partial charge in [0, 0.05) is 6.61 Å². The van der Waals surface area contributed by atoms with E-state index in [0.29, 0.717) is 19.1 Å². The number of Topliss-reactive ketones (excluding diaryl/α,β-unsaturated/α-hetero) is 1. The first-order valence-electron chi connectivity index (χ1n) is 9.43. The molecule has 0 radical (unpaired) electrons. The lowest BCUT2D eigenvalue weighted by Crippen LogP contribution is -2.24. The first-order valence-corrected chi connectivity index (χ1v) is 9.43. The van der Waals surface area contributed by atoms with Crippen LogP contribution >= 0.6 is 0 Å². The van der Waals surface area contributed by atoms with Gasteiger partial charge < -0.3 is 9.47 Å². The Kier molecular flexibility index (Phi) is 9.08. The van der Waals surface area contributed by atoms with E-state index in [9.17, 15) is 4.79 Å². The highest BCUT2D eigenvalue weighted by Gasteiger charge is 2.18. The van der Waals surface area contributed by atoms with Crippen molar-refractivity contribution < 1.29 is 14.3 Å². The molecule has 0 saturated carbocycles. The molecule has 0 aliphatic rings. The lowest BCUT2D eigenvalue weighted by Gasteiger charge is -2.19. The molecule has 0 bridgehead atoms. The van der Waals surface area contributed by atoms with Crippen molar-refractivity contribution in [1.29, 1.82) is 0 Å². The molecule has 0 unspecified atom stereocenters. The number of benzene rings is 2. The van der Waals surface area contributed by atoms with Crippen LogP contribution in [0.5, 0.6) is 0 Å². The van der Waals surface area contributed by atoms with Crippen LogP contribution in [0.1, 0.15) is 44.2 Å². The smallest absolute Gasteiger partial charge is 0.158 e. The van der Waals surface area contributed by atoms with E-state index in [-0.39, 0.29) is 11.9 Å². The quantitative estimate of drug-likeness (QED) is 0.492. The van der Waals surface area contributed by atoms with Crippen LogP contribution in [0.25, 0.3) is 0 Å². The van der Waals surface area contributed by atoms with Crippen LogP contribution in [0, 0.1) is 5.92 Å². The molecule has 0 amide bonds. The van der Waals surface area contributed by atoms with Crippen LogP contribution in [0.15, 0.2) is 60.7 Å². The van der Waals surface area contributed by atoms with Crippen molar-refractivity contribution in [3.8, 4) is 0 Å². The van der Waals surface area contributed by atoms with E-state index < -0.39 is 0 Å². The fraction of sp³-hybridized carbons (Fsp3) is 0.435. The standard InChI is InChI=1S/C23H30O3/c1-19(10-9-15-25-17-21-11-5-3-6-12-21)16-23(20(2)24)26-18-22-13-7-4-8-14-22/h3-8,11-14,19,23H,9-10,15-18H2,1-2H3/t19-,23+/m0/s1. The summed E-state index contributed by atoms with van der Waals surface area (Å²) in [6.07, 6.45) is 2.47. The van der Waals surface area contributed by atoms with Gasteiger partial charge in [0.05, 0.1) is 13.2 Å². The van der Waals surface area contributed by atoms with E-state index in [4.69, 9.17) is 9.47 Å². The predicted octanol–water partition coefficient (Wildman–Crippen LogP) is 5.18. The van der Waals surface area contributed by atoms with E-state index in [0.717, 1.165) is 31.4 Å². The third-order valence-corrected chi connectivity index (χ3v) is 4.46. The second kappa shape index (κ2) is 11.6. The minimum Gasteiger partial charge on any atom is -0.377 e. The number of hydrogen-bond donors (Lipinski definition) is 0. The molecular weight excluding hydrogens is 324 g/mol. The summed E-state index contributed by atoms with van der Waals surface area (Å²) >= 11 is 0. The molecule has 0 aliphatic heterocycles. The molecule has 0 heterocycles. The fourth-order valence-corrected chi connectivity index (χ4v) is 2.90.